The highest BCUT2D eigenvalue weighted by molar-refractivity contribution is 5.76. The molecule has 0 aliphatic carbocycles. The molecule has 1 aliphatic rings. The van der Waals surface area contributed by atoms with Crippen LogP contribution in [0.3, 0.4) is 0 Å². The molecule has 0 aromatic carbocycles. The Morgan fingerprint density at radius 1 is 1.20 bits per heavy atom. The molecular weight excluding hydrogens is 320 g/mol. The van der Waals surface area contributed by atoms with Gasteiger partial charge in [0.15, 0.2) is 11.5 Å². The number of likely N-dealkylation sites (N-methyl/N-ethyl adjacent to an activating group) is 1. The summed E-state index contributed by atoms with van der Waals surface area (Å²) in [7, 11) is 2.10. The van der Waals surface area contributed by atoms with Crippen molar-refractivity contribution in [1.82, 2.24) is 29.6 Å². The number of ether oxygens (including phenoxy) is 1. The lowest BCUT2D eigenvalue weighted by molar-refractivity contribution is -0.131. The van der Waals surface area contributed by atoms with Crippen LogP contribution in [0.4, 0.5) is 0 Å². The van der Waals surface area contributed by atoms with Gasteiger partial charge in [0.1, 0.15) is 0 Å². The molecule has 1 fully saturated rings. The van der Waals surface area contributed by atoms with Crippen LogP contribution in [0.5, 0.6) is 5.88 Å². The normalized spacial score (nSPS) is 16.4. The van der Waals surface area contributed by atoms with Gasteiger partial charge >= 0.3 is 0 Å². The van der Waals surface area contributed by atoms with Crippen LogP contribution in [0.15, 0.2) is 12.1 Å². The molecule has 0 spiro atoms. The summed E-state index contributed by atoms with van der Waals surface area (Å²) in [4.78, 5) is 16.7. The van der Waals surface area contributed by atoms with Crippen molar-refractivity contribution in [3.05, 3.63) is 18.0 Å². The van der Waals surface area contributed by atoms with E-state index >= 15 is 0 Å². The maximum atomic E-state index is 12.5. The maximum Gasteiger partial charge on any atom is 0.232 e. The van der Waals surface area contributed by atoms with Gasteiger partial charge in [-0.1, -0.05) is 0 Å². The van der Waals surface area contributed by atoms with Crippen LogP contribution < -0.4 is 4.74 Å². The van der Waals surface area contributed by atoms with Crippen molar-refractivity contribution in [1.29, 1.82) is 0 Å². The zero-order valence-electron chi connectivity index (χ0n) is 15.2. The van der Waals surface area contributed by atoms with Crippen LogP contribution in [0.25, 0.3) is 5.65 Å². The first-order valence-electron chi connectivity index (χ1n) is 8.87. The molecule has 1 aliphatic heterocycles. The van der Waals surface area contributed by atoms with E-state index in [1.165, 1.54) is 0 Å². The van der Waals surface area contributed by atoms with E-state index in [4.69, 9.17) is 4.74 Å². The van der Waals surface area contributed by atoms with E-state index in [1.54, 1.807) is 10.6 Å². The third kappa shape index (κ3) is 4.45. The summed E-state index contributed by atoms with van der Waals surface area (Å²) in [6, 6.07) is 3.61. The minimum absolute atomic E-state index is 0.0487. The summed E-state index contributed by atoms with van der Waals surface area (Å²) >= 11 is 0. The van der Waals surface area contributed by atoms with Crippen molar-refractivity contribution in [3.63, 3.8) is 0 Å². The van der Waals surface area contributed by atoms with E-state index in [2.05, 4.69) is 27.2 Å². The van der Waals surface area contributed by atoms with E-state index < -0.39 is 0 Å². The lowest BCUT2D eigenvalue weighted by Gasteiger charge is -2.20. The van der Waals surface area contributed by atoms with E-state index in [9.17, 15) is 4.79 Å². The highest BCUT2D eigenvalue weighted by Crippen LogP contribution is 2.12. The number of rotatable bonds is 5. The van der Waals surface area contributed by atoms with Crippen LogP contribution in [-0.2, 0) is 11.2 Å². The Morgan fingerprint density at radius 3 is 2.84 bits per heavy atom. The average Bonchev–Trinajstić information content (AvgIpc) is 2.84. The van der Waals surface area contributed by atoms with Gasteiger partial charge in [-0.3, -0.25) is 4.79 Å². The van der Waals surface area contributed by atoms with Crippen LogP contribution in [-0.4, -0.2) is 74.8 Å². The lowest BCUT2D eigenvalue weighted by Crippen LogP contribution is -2.34. The second-order valence-corrected chi connectivity index (χ2v) is 6.76. The molecular formula is C17H26N6O2. The monoisotopic (exact) mass is 346 g/mol. The molecule has 0 N–H and O–H groups in total. The first-order chi connectivity index (χ1) is 12.0. The minimum atomic E-state index is 0.0487. The number of fused-ring (bicyclic) bond motifs is 1. The molecule has 25 heavy (non-hydrogen) atoms. The van der Waals surface area contributed by atoms with Gasteiger partial charge in [0.25, 0.3) is 0 Å². The van der Waals surface area contributed by atoms with Gasteiger partial charge in [0, 0.05) is 38.5 Å². The molecule has 1 saturated heterocycles. The van der Waals surface area contributed by atoms with E-state index in [0.29, 0.717) is 30.2 Å². The van der Waals surface area contributed by atoms with Crippen molar-refractivity contribution >= 4 is 11.6 Å². The Hall–Kier alpha value is -2.22. The third-order valence-corrected chi connectivity index (χ3v) is 4.29. The third-order valence-electron chi connectivity index (χ3n) is 4.29. The van der Waals surface area contributed by atoms with Gasteiger partial charge in [0.05, 0.1) is 6.10 Å². The smallest absolute Gasteiger partial charge is 0.232 e. The standard InChI is InChI=1S/C17H26N6O2/c1-13(2)25-16-7-5-14-18-19-15(23(14)20-16)6-8-17(24)22-10-4-9-21(3)11-12-22/h5,7,13H,4,6,8-12H2,1-3H3. The van der Waals surface area contributed by atoms with E-state index in [1.807, 2.05) is 24.8 Å². The molecule has 0 bridgehead atoms. The zero-order chi connectivity index (χ0) is 17.8. The van der Waals surface area contributed by atoms with Gasteiger partial charge in [-0.2, -0.15) is 4.52 Å². The van der Waals surface area contributed by atoms with Crippen LogP contribution in [0.2, 0.25) is 0 Å². The number of hydrogen-bond donors (Lipinski definition) is 0. The molecule has 2 aromatic heterocycles. The number of hydrogen-bond acceptors (Lipinski definition) is 6. The fourth-order valence-electron chi connectivity index (χ4n) is 2.95. The van der Waals surface area contributed by atoms with Gasteiger partial charge < -0.3 is 14.5 Å². The Kier molecular flexibility index (Phi) is 5.47. The Bertz CT molecular complexity index is 729. The molecule has 8 heteroatoms. The molecule has 8 nitrogen and oxygen atoms in total. The van der Waals surface area contributed by atoms with Crippen molar-refractivity contribution in [2.75, 3.05) is 33.2 Å². The van der Waals surface area contributed by atoms with Crippen molar-refractivity contribution in [3.8, 4) is 5.88 Å². The SMILES string of the molecule is CC(C)Oc1ccc2nnc(CCC(=O)N3CCCN(C)CC3)n2n1. The zero-order valence-corrected chi connectivity index (χ0v) is 15.2. The Labute approximate surface area is 147 Å². The molecule has 0 unspecified atom stereocenters. The quantitative estimate of drug-likeness (QED) is 0.804. The van der Waals surface area contributed by atoms with E-state index in [-0.39, 0.29) is 12.0 Å². The molecule has 1 amide bonds. The summed E-state index contributed by atoms with van der Waals surface area (Å²) in [5.41, 5.74) is 0.662. The second-order valence-electron chi connectivity index (χ2n) is 6.76. The van der Waals surface area contributed by atoms with Gasteiger partial charge in [-0.15, -0.1) is 15.3 Å². The topological polar surface area (TPSA) is 75.9 Å². The van der Waals surface area contributed by atoms with Crippen molar-refractivity contribution < 1.29 is 9.53 Å². The predicted molar refractivity (Wildman–Crippen MR) is 93.6 cm³/mol. The van der Waals surface area contributed by atoms with Gasteiger partial charge in [-0.25, -0.2) is 0 Å². The molecule has 3 heterocycles. The second kappa shape index (κ2) is 7.77. The first kappa shape index (κ1) is 17.6. The van der Waals surface area contributed by atoms with Crippen molar-refractivity contribution in [2.45, 2.75) is 39.2 Å². The molecule has 136 valence electrons. The minimum Gasteiger partial charge on any atom is -0.474 e. The molecule has 2 aromatic rings. The largest absolute Gasteiger partial charge is 0.474 e. The van der Waals surface area contributed by atoms with Crippen molar-refractivity contribution in [2.24, 2.45) is 0 Å². The maximum absolute atomic E-state index is 12.5. The van der Waals surface area contributed by atoms with Gasteiger partial charge in [-0.05, 0) is 39.9 Å². The molecule has 0 atom stereocenters. The number of aromatic nitrogens is 4. The highest BCUT2D eigenvalue weighted by Gasteiger charge is 2.18. The summed E-state index contributed by atoms with van der Waals surface area (Å²) < 4.78 is 7.29. The predicted octanol–water partition coefficient (Wildman–Crippen LogP) is 1.01. The number of aryl methyl sites for hydroxylation is 1. The number of amides is 1. The van der Waals surface area contributed by atoms with Crippen LogP contribution >= 0.6 is 0 Å². The molecule has 0 saturated carbocycles. The molecule has 3 rings (SSSR count). The van der Waals surface area contributed by atoms with Gasteiger partial charge in [0.2, 0.25) is 11.8 Å². The first-order valence-corrected chi connectivity index (χ1v) is 8.87. The van der Waals surface area contributed by atoms with Crippen LogP contribution in [0, 0.1) is 0 Å². The fourth-order valence-corrected chi connectivity index (χ4v) is 2.95. The lowest BCUT2D eigenvalue weighted by atomic mass is 10.2. The average molecular weight is 346 g/mol. The molecule has 0 radical (unpaired) electrons. The summed E-state index contributed by atoms with van der Waals surface area (Å²) in [6.45, 7) is 7.50. The highest BCUT2D eigenvalue weighted by atomic mass is 16.5. The van der Waals surface area contributed by atoms with E-state index in [0.717, 1.165) is 32.6 Å². The number of nitrogens with zero attached hydrogens (tertiary/aromatic N) is 6. The Balaban J connectivity index is 1.65. The summed E-state index contributed by atoms with van der Waals surface area (Å²) in [5.74, 6) is 1.39. The Morgan fingerprint density at radius 2 is 2.04 bits per heavy atom. The number of carbonyl (C=O) groups excluding carboxylic acids is 1. The van der Waals surface area contributed by atoms with Crippen LogP contribution in [0.1, 0.15) is 32.5 Å². The summed E-state index contributed by atoms with van der Waals surface area (Å²) in [6.07, 6.45) is 2.01. The number of carbonyl (C=O) groups is 1. The summed E-state index contributed by atoms with van der Waals surface area (Å²) in [5, 5.41) is 12.7. The fraction of sp³-hybridized carbons (Fsp3) is 0.647.